The predicted molar refractivity (Wildman–Crippen MR) is 84.9 cm³/mol. The molecule has 0 aliphatic carbocycles. The largest absolute Gasteiger partial charge is 0.350 e. The first-order valence-corrected chi connectivity index (χ1v) is 7.97. The van der Waals surface area contributed by atoms with E-state index >= 15 is 0 Å². The van der Waals surface area contributed by atoms with Crippen LogP contribution in [0.15, 0.2) is 0 Å². The molecule has 0 saturated carbocycles. The van der Waals surface area contributed by atoms with Crippen molar-refractivity contribution in [2.75, 3.05) is 13.1 Å². The first kappa shape index (κ1) is 18.0. The first-order valence-electron chi connectivity index (χ1n) is 7.97. The molecule has 1 rings (SSSR count). The molecule has 1 aliphatic heterocycles. The zero-order valence-corrected chi connectivity index (χ0v) is 14.3. The molecular formula is C16H31N3O2. The molecule has 0 aromatic heterocycles. The Hall–Kier alpha value is -1.10. The fraction of sp³-hybridized carbons (Fsp3) is 0.875. The van der Waals surface area contributed by atoms with Gasteiger partial charge in [0, 0.05) is 31.6 Å². The van der Waals surface area contributed by atoms with Gasteiger partial charge in [-0.05, 0) is 40.0 Å². The average molecular weight is 297 g/mol. The maximum absolute atomic E-state index is 12.2. The van der Waals surface area contributed by atoms with Gasteiger partial charge in [0.1, 0.15) is 0 Å². The Bertz CT molecular complexity index is 376. The van der Waals surface area contributed by atoms with E-state index in [1.165, 1.54) is 0 Å². The van der Waals surface area contributed by atoms with Gasteiger partial charge in [0.2, 0.25) is 11.8 Å². The highest BCUT2D eigenvalue weighted by atomic mass is 16.2. The van der Waals surface area contributed by atoms with E-state index in [9.17, 15) is 9.59 Å². The summed E-state index contributed by atoms with van der Waals surface area (Å²) in [4.78, 5) is 25.6. The lowest BCUT2D eigenvalue weighted by Gasteiger charge is -2.39. The quantitative estimate of drug-likeness (QED) is 0.827. The van der Waals surface area contributed by atoms with Gasteiger partial charge < -0.3 is 15.5 Å². The Labute approximate surface area is 128 Å². The van der Waals surface area contributed by atoms with Crippen LogP contribution in [0.4, 0.5) is 0 Å². The maximum atomic E-state index is 12.2. The van der Waals surface area contributed by atoms with Gasteiger partial charge in [-0.25, -0.2) is 0 Å². The molecule has 1 saturated heterocycles. The van der Waals surface area contributed by atoms with Crippen molar-refractivity contribution in [3.8, 4) is 0 Å². The van der Waals surface area contributed by atoms with Crippen molar-refractivity contribution in [3.63, 3.8) is 0 Å². The van der Waals surface area contributed by atoms with Crippen molar-refractivity contribution in [1.29, 1.82) is 0 Å². The molecule has 0 radical (unpaired) electrons. The number of hydrogen-bond donors (Lipinski definition) is 2. The molecule has 2 N–H and O–H groups in total. The van der Waals surface area contributed by atoms with Crippen molar-refractivity contribution in [3.05, 3.63) is 0 Å². The van der Waals surface area contributed by atoms with Gasteiger partial charge in [0.05, 0.1) is 6.04 Å². The molecule has 2 amide bonds. The van der Waals surface area contributed by atoms with Crippen LogP contribution >= 0.6 is 0 Å². The molecular weight excluding hydrogens is 266 g/mol. The fourth-order valence-electron chi connectivity index (χ4n) is 2.83. The zero-order chi connectivity index (χ0) is 16.2. The average Bonchev–Trinajstić information content (AvgIpc) is 2.36. The number of rotatable bonds is 4. The fourth-order valence-corrected chi connectivity index (χ4v) is 2.83. The molecule has 5 heteroatoms. The van der Waals surface area contributed by atoms with Crippen LogP contribution in [0.3, 0.4) is 0 Å². The molecule has 122 valence electrons. The third-order valence-electron chi connectivity index (χ3n) is 4.06. The SMILES string of the molecule is CC[C@@H]1CN(C(C)=O)CC[C@H]1N[C@H](C)C(=O)NC(C)(C)C. The monoisotopic (exact) mass is 297 g/mol. The zero-order valence-electron chi connectivity index (χ0n) is 14.3. The molecule has 0 bridgehead atoms. The second-order valence-electron chi connectivity index (χ2n) is 7.16. The Balaban J connectivity index is 2.57. The highest BCUT2D eigenvalue weighted by molar-refractivity contribution is 5.82. The van der Waals surface area contributed by atoms with Crippen LogP contribution in [-0.2, 0) is 9.59 Å². The third kappa shape index (κ3) is 5.65. The number of nitrogens with one attached hydrogen (secondary N) is 2. The van der Waals surface area contributed by atoms with Crippen molar-refractivity contribution < 1.29 is 9.59 Å². The number of carbonyl (C=O) groups is 2. The number of piperidine rings is 1. The van der Waals surface area contributed by atoms with Crippen molar-refractivity contribution in [2.24, 2.45) is 5.92 Å². The lowest BCUT2D eigenvalue weighted by atomic mass is 9.89. The van der Waals surface area contributed by atoms with Crippen LogP contribution in [0.5, 0.6) is 0 Å². The van der Waals surface area contributed by atoms with Crippen LogP contribution in [0.25, 0.3) is 0 Å². The van der Waals surface area contributed by atoms with Gasteiger partial charge in [-0.1, -0.05) is 13.3 Å². The van der Waals surface area contributed by atoms with E-state index in [4.69, 9.17) is 0 Å². The molecule has 1 aliphatic rings. The Morgan fingerprint density at radius 2 is 1.95 bits per heavy atom. The summed E-state index contributed by atoms with van der Waals surface area (Å²) in [5.41, 5.74) is -0.213. The molecule has 5 nitrogen and oxygen atoms in total. The van der Waals surface area contributed by atoms with E-state index in [1.54, 1.807) is 6.92 Å². The van der Waals surface area contributed by atoms with Gasteiger partial charge >= 0.3 is 0 Å². The molecule has 0 aromatic rings. The first-order chi connectivity index (χ1) is 9.64. The number of amides is 2. The molecule has 1 fully saturated rings. The summed E-state index contributed by atoms with van der Waals surface area (Å²) in [6.45, 7) is 13.2. The third-order valence-corrected chi connectivity index (χ3v) is 4.06. The van der Waals surface area contributed by atoms with Crippen LogP contribution in [-0.4, -0.2) is 47.4 Å². The van der Waals surface area contributed by atoms with Crippen molar-refractivity contribution in [1.82, 2.24) is 15.5 Å². The minimum absolute atomic E-state index is 0.0337. The highest BCUT2D eigenvalue weighted by Gasteiger charge is 2.31. The van der Waals surface area contributed by atoms with Crippen LogP contribution in [0.1, 0.15) is 54.4 Å². The van der Waals surface area contributed by atoms with Gasteiger partial charge in [0.15, 0.2) is 0 Å². The summed E-state index contributed by atoms with van der Waals surface area (Å²) in [5, 5.41) is 6.45. The van der Waals surface area contributed by atoms with Gasteiger partial charge in [-0.15, -0.1) is 0 Å². The van der Waals surface area contributed by atoms with Crippen molar-refractivity contribution >= 4 is 11.8 Å². The second-order valence-corrected chi connectivity index (χ2v) is 7.16. The lowest BCUT2D eigenvalue weighted by molar-refractivity contribution is -0.131. The summed E-state index contributed by atoms with van der Waals surface area (Å²) in [7, 11) is 0. The van der Waals surface area contributed by atoms with E-state index in [-0.39, 0.29) is 23.4 Å². The van der Waals surface area contributed by atoms with Gasteiger partial charge in [-0.3, -0.25) is 9.59 Å². The van der Waals surface area contributed by atoms with Crippen LogP contribution in [0.2, 0.25) is 0 Å². The number of likely N-dealkylation sites (tertiary alicyclic amines) is 1. The summed E-state index contributed by atoms with van der Waals surface area (Å²) < 4.78 is 0. The van der Waals surface area contributed by atoms with E-state index in [2.05, 4.69) is 17.6 Å². The van der Waals surface area contributed by atoms with E-state index in [0.717, 1.165) is 25.9 Å². The van der Waals surface area contributed by atoms with E-state index in [0.29, 0.717) is 12.0 Å². The molecule has 0 spiro atoms. The Morgan fingerprint density at radius 1 is 1.33 bits per heavy atom. The second kappa shape index (κ2) is 7.25. The van der Waals surface area contributed by atoms with Crippen LogP contribution in [0, 0.1) is 5.92 Å². The van der Waals surface area contributed by atoms with E-state index < -0.39 is 0 Å². The smallest absolute Gasteiger partial charge is 0.237 e. The number of nitrogens with zero attached hydrogens (tertiary/aromatic N) is 1. The summed E-state index contributed by atoms with van der Waals surface area (Å²) in [6, 6.07) is 0.0819. The minimum Gasteiger partial charge on any atom is -0.350 e. The van der Waals surface area contributed by atoms with Crippen molar-refractivity contribution in [2.45, 2.75) is 72.0 Å². The summed E-state index contributed by atoms with van der Waals surface area (Å²) in [6.07, 6.45) is 1.92. The minimum atomic E-state index is -0.216. The molecule has 21 heavy (non-hydrogen) atoms. The van der Waals surface area contributed by atoms with Gasteiger partial charge in [0.25, 0.3) is 0 Å². The Morgan fingerprint density at radius 3 is 2.43 bits per heavy atom. The topological polar surface area (TPSA) is 61.4 Å². The Kier molecular flexibility index (Phi) is 6.20. The molecule has 3 atom stereocenters. The normalized spacial score (nSPS) is 24.6. The number of carbonyl (C=O) groups excluding carboxylic acids is 2. The highest BCUT2D eigenvalue weighted by Crippen LogP contribution is 2.21. The maximum Gasteiger partial charge on any atom is 0.237 e. The molecule has 0 aromatic carbocycles. The van der Waals surface area contributed by atoms with Gasteiger partial charge in [-0.2, -0.15) is 0 Å². The lowest BCUT2D eigenvalue weighted by Crippen LogP contribution is -2.56. The predicted octanol–water partition coefficient (Wildman–Crippen LogP) is 1.53. The standard InChI is InChI=1S/C16H31N3O2/c1-7-13-10-19(12(3)20)9-8-14(13)17-11(2)15(21)18-16(4,5)6/h11,13-14,17H,7-10H2,1-6H3,(H,18,21)/t11-,13-,14-/m1/s1. The summed E-state index contributed by atoms with van der Waals surface area (Å²) in [5.74, 6) is 0.587. The van der Waals surface area contributed by atoms with E-state index in [1.807, 2.05) is 32.6 Å². The number of hydrogen-bond acceptors (Lipinski definition) is 3. The van der Waals surface area contributed by atoms with Crippen LogP contribution < -0.4 is 10.6 Å². The molecule has 0 unspecified atom stereocenters. The summed E-state index contributed by atoms with van der Waals surface area (Å²) >= 11 is 0. The molecule has 1 heterocycles.